The van der Waals surface area contributed by atoms with Gasteiger partial charge in [-0.2, -0.15) is 0 Å². The molecule has 1 unspecified atom stereocenters. The number of rotatable bonds is 6. The topological polar surface area (TPSA) is 55.9 Å². The van der Waals surface area contributed by atoms with E-state index in [2.05, 4.69) is 26.9 Å². The molecule has 1 saturated carbocycles. The molecule has 0 bridgehead atoms. The molecule has 2 heterocycles. The summed E-state index contributed by atoms with van der Waals surface area (Å²) >= 11 is 0. The van der Waals surface area contributed by atoms with Gasteiger partial charge in [-0.15, -0.1) is 0 Å². The maximum atomic E-state index is 12.5. The molecule has 0 aromatic heterocycles. The van der Waals surface area contributed by atoms with Crippen molar-refractivity contribution in [2.75, 3.05) is 52.4 Å². The van der Waals surface area contributed by atoms with Crippen molar-refractivity contribution in [3.8, 4) is 0 Å². The highest BCUT2D eigenvalue weighted by Crippen LogP contribution is 2.26. The van der Waals surface area contributed by atoms with Crippen molar-refractivity contribution in [1.29, 1.82) is 0 Å². The van der Waals surface area contributed by atoms with Gasteiger partial charge in [0.25, 0.3) is 0 Å². The number of nitrogens with one attached hydrogen (secondary N) is 1. The molecule has 1 atom stereocenters. The number of nitrogens with zero attached hydrogens (tertiary/aromatic N) is 3. The SMILES string of the molecule is CC1CCCCN1C(=O)CN1CCN(CCNC(=O)C2CCC2)CC1. The highest BCUT2D eigenvalue weighted by atomic mass is 16.2. The van der Waals surface area contributed by atoms with Crippen LogP contribution < -0.4 is 5.32 Å². The number of carbonyl (C=O) groups is 2. The van der Waals surface area contributed by atoms with Crippen LogP contribution in [0.15, 0.2) is 0 Å². The number of carbonyl (C=O) groups excluding carboxylic acids is 2. The number of hydrogen-bond acceptors (Lipinski definition) is 4. The lowest BCUT2D eigenvalue weighted by Gasteiger charge is -2.38. The minimum atomic E-state index is 0.242. The van der Waals surface area contributed by atoms with Gasteiger partial charge in [0, 0.05) is 57.8 Å². The molecule has 142 valence electrons. The Hall–Kier alpha value is -1.14. The normalized spacial score (nSPS) is 26.3. The quantitative estimate of drug-likeness (QED) is 0.774. The predicted molar refractivity (Wildman–Crippen MR) is 98.3 cm³/mol. The van der Waals surface area contributed by atoms with E-state index in [4.69, 9.17) is 0 Å². The van der Waals surface area contributed by atoms with Crippen LogP contribution in [-0.2, 0) is 9.59 Å². The minimum Gasteiger partial charge on any atom is -0.355 e. The summed E-state index contributed by atoms with van der Waals surface area (Å²) in [5.41, 5.74) is 0. The first kappa shape index (κ1) is 18.6. The van der Waals surface area contributed by atoms with E-state index in [1.165, 1.54) is 12.8 Å². The summed E-state index contributed by atoms with van der Waals surface area (Å²) in [5, 5.41) is 3.07. The molecular weight excluding hydrogens is 316 g/mol. The summed E-state index contributed by atoms with van der Waals surface area (Å²) in [4.78, 5) is 31.1. The van der Waals surface area contributed by atoms with Gasteiger partial charge in [-0.05, 0) is 39.0 Å². The molecule has 1 aliphatic carbocycles. The van der Waals surface area contributed by atoms with Gasteiger partial charge in [0.2, 0.25) is 11.8 Å². The van der Waals surface area contributed by atoms with Crippen LogP contribution in [0.25, 0.3) is 0 Å². The molecule has 2 amide bonds. The van der Waals surface area contributed by atoms with Crippen LogP contribution in [0.1, 0.15) is 45.4 Å². The Balaban J connectivity index is 1.30. The van der Waals surface area contributed by atoms with E-state index in [1.54, 1.807) is 0 Å². The Morgan fingerprint density at radius 3 is 2.28 bits per heavy atom. The molecule has 0 aromatic rings. The van der Waals surface area contributed by atoms with Gasteiger partial charge in [-0.3, -0.25) is 19.4 Å². The van der Waals surface area contributed by atoms with Gasteiger partial charge < -0.3 is 10.2 Å². The van der Waals surface area contributed by atoms with Crippen molar-refractivity contribution in [2.45, 2.75) is 51.5 Å². The molecule has 3 aliphatic rings. The molecule has 2 aliphatic heterocycles. The minimum absolute atomic E-state index is 0.242. The smallest absolute Gasteiger partial charge is 0.236 e. The Labute approximate surface area is 151 Å². The molecular formula is C19H34N4O2. The van der Waals surface area contributed by atoms with Crippen LogP contribution >= 0.6 is 0 Å². The fourth-order valence-electron chi connectivity index (χ4n) is 4.07. The van der Waals surface area contributed by atoms with E-state index in [9.17, 15) is 9.59 Å². The number of hydrogen-bond donors (Lipinski definition) is 1. The zero-order valence-corrected chi connectivity index (χ0v) is 15.7. The number of amides is 2. The van der Waals surface area contributed by atoms with Crippen molar-refractivity contribution in [3.63, 3.8) is 0 Å². The number of piperazine rings is 1. The van der Waals surface area contributed by atoms with E-state index in [0.717, 1.165) is 71.5 Å². The average molecular weight is 351 g/mol. The molecule has 0 aromatic carbocycles. The number of piperidine rings is 1. The predicted octanol–water partition coefficient (Wildman–Crippen LogP) is 0.921. The fourth-order valence-corrected chi connectivity index (χ4v) is 4.07. The Morgan fingerprint density at radius 2 is 1.64 bits per heavy atom. The lowest BCUT2D eigenvalue weighted by atomic mass is 9.85. The van der Waals surface area contributed by atoms with Gasteiger partial charge in [0.15, 0.2) is 0 Å². The second-order valence-corrected chi connectivity index (χ2v) is 7.97. The van der Waals surface area contributed by atoms with E-state index < -0.39 is 0 Å². The summed E-state index contributed by atoms with van der Waals surface area (Å²) in [6, 6.07) is 0.404. The first-order valence-electron chi connectivity index (χ1n) is 10.2. The summed E-state index contributed by atoms with van der Waals surface area (Å²) in [5.74, 6) is 0.819. The second-order valence-electron chi connectivity index (χ2n) is 7.97. The van der Waals surface area contributed by atoms with Crippen molar-refractivity contribution >= 4 is 11.8 Å². The van der Waals surface area contributed by atoms with Crippen molar-refractivity contribution in [3.05, 3.63) is 0 Å². The monoisotopic (exact) mass is 350 g/mol. The van der Waals surface area contributed by atoms with E-state index in [0.29, 0.717) is 18.5 Å². The summed E-state index contributed by atoms with van der Waals surface area (Å²) in [7, 11) is 0. The largest absolute Gasteiger partial charge is 0.355 e. The highest BCUT2D eigenvalue weighted by Gasteiger charge is 2.27. The molecule has 3 rings (SSSR count). The van der Waals surface area contributed by atoms with Gasteiger partial charge in [0.1, 0.15) is 0 Å². The van der Waals surface area contributed by atoms with Crippen LogP contribution in [0.3, 0.4) is 0 Å². The standard InChI is InChI=1S/C19H34N4O2/c1-16-5-2-3-9-23(16)18(24)15-22-13-11-21(12-14-22)10-8-20-19(25)17-6-4-7-17/h16-17H,2-15H2,1H3,(H,20,25). The molecule has 0 radical (unpaired) electrons. The Kier molecular flexibility index (Phi) is 6.70. The second kappa shape index (κ2) is 8.99. The Bertz CT molecular complexity index is 458. The third-order valence-corrected chi connectivity index (χ3v) is 6.15. The third-order valence-electron chi connectivity index (χ3n) is 6.15. The first-order valence-corrected chi connectivity index (χ1v) is 10.2. The molecule has 3 fully saturated rings. The molecule has 6 heteroatoms. The van der Waals surface area contributed by atoms with E-state index in [-0.39, 0.29) is 11.8 Å². The van der Waals surface area contributed by atoms with Crippen molar-refractivity contribution in [2.24, 2.45) is 5.92 Å². The van der Waals surface area contributed by atoms with E-state index in [1.807, 2.05) is 0 Å². The van der Waals surface area contributed by atoms with Crippen LogP contribution in [0, 0.1) is 5.92 Å². The van der Waals surface area contributed by atoms with E-state index >= 15 is 0 Å². The molecule has 6 nitrogen and oxygen atoms in total. The summed E-state index contributed by atoms with van der Waals surface area (Å²) in [6.07, 6.45) is 6.88. The van der Waals surface area contributed by atoms with Gasteiger partial charge in [0.05, 0.1) is 6.54 Å². The fraction of sp³-hybridized carbons (Fsp3) is 0.895. The highest BCUT2D eigenvalue weighted by molar-refractivity contribution is 5.79. The zero-order chi connectivity index (χ0) is 17.6. The molecule has 2 saturated heterocycles. The van der Waals surface area contributed by atoms with Crippen LogP contribution in [-0.4, -0.2) is 84.9 Å². The van der Waals surface area contributed by atoms with Crippen molar-refractivity contribution < 1.29 is 9.59 Å². The summed E-state index contributed by atoms with van der Waals surface area (Å²) < 4.78 is 0. The van der Waals surface area contributed by atoms with Crippen molar-refractivity contribution in [1.82, 2.24) is 20.0 Å². The zero-order valence-electron chi connectivity index (χ0n) is 15.7. The summed E-state index contributed by atoms with van der Waals surface area (Å²) in [6.45, 7) is 9.21. The van der Waals surface area contributed by atoms with Gasteiger partial charge in [-0.25, -0.2) is 0 Å². The lowest BCUT2D eigenvalue weighted by molar-refractivity contribution is -0.136. The third kappa shape index (κ3) is 5.17. The molecule has 25 heavy (non-hydrogen) atoms. The van der Waals surface area contributed by atoms with Gasteiger partial charge >= 0.3 is 0 Å². The average Bonchev–Trinajstić information content (AvgIpc) is 2.55. The molecule has 0 spiro atoms. The maximum Gasteiger partial charge on any atom is 0.236 e. The first-order chi connectivity index (χ1) is 12.1. The molecule has 1 N–H and O–H groups in total. The number of likely N-dealkylation sites (tertiary alicyclic amines) is 1. The van der Waals surface area contributed by atoms with Crippen LogP contribution in [0.5, 0.6) is 0 Å². The Morgan fingerprint density at radius 1 is 0.920 bits per heavy atom. The lowest BCUT2D eigenvalue weighted by Crippen LogP contribution is -2.53. The van der Waals surface area contributed by atoms with Gasteiger partial charge in [-0.1, -0.05) is 6.42 Å². The van der Waals surface area contributed by atoms with Crippen LogP contribution in [0.2, 0.25) is 0 Å². The van der Waals surface area contributed by atoms with Crippen LogP contribution in [0.4, 0.5) is 0 Å². The maximum absolute atomic E-state index is 12.5.